The van der Waals surface area contributed by atoms with E-state index < -0.39 is 0 Å². The molecule has 0 amide bonds. The van der Waals surface area contributed by atoms with Crippen LogP contribution in [0.2, 0.25) is 0 Å². The summed E-state index contributed by atoms with van der Waals surface area (Å²) >= 11 is 1.61. The normalized spacial score (nSPS) is 11.3. The Labute approximate surface area is 136 Å². The maximum absolute atomic E-state index is 11.5. The van der Waals surface area contributed by atoms with Gasteiger partial charge in [0.05, 0.1) is 0 Å². The largest absolute Gasteiger partial charge is 0.291 e. The lowest BCUT2D eigenvalue weighted by Gasteiger charge is -2.06. The van der Waals surface area contributed by atoms with Gasteiger partial charge in [-0.1, -0.05) is 54.2 Å². The quantitative estimate of drug-likeness (QED) is 0.589. The Balaban J connectivity index is 1.70. The van der Waals surface area contributed by atoms with Crippen LogP contribution >= 0.6 is 11.8 Å². The fraction of sp³-hybridized carbons (Fsp3) is 0.118. The molecule has 0 unspecified atom stereocenters. The highest BCUT2D eigenvalue weighted by atomic mass is 32.2. The number of hydrogen-bond acceptors (Lipinski definition) is 4. The maximum Gasteiger partial charge on any atom is 0.252 e. The second-order valence-electron chi connectivity index (χ2n) is 5.34. The Morgan fingerprint density at radius 1 is 1.13 bits per heavy atom. The number of benzene rings is 2. The van der Waals surface area contributed by atoms with Crippen molar-refractivity contribution in [3.63, 3.8) is 0 Å². The van der Waals surface area contributed by atoms with E-state index in [1.165, 1.54) is 16.3 Å². The van der Waals surface area contributed by atoms with E-state index >= 15 is 0 Å². The van der Waals surface area contributed by atoms with E-state index in [-0.39, 0.29) is 5.56 Å². The first kappa shape index (κ1) is 14.0. The van der Waals surface area contributed by atoms with Gasteiger partial charge in [0.15, 0.2) is 5.16 Å². The lowest BCUT2D eigenvalue weighted by molar-refractivity contribution is 0.886. The summed E-state index contributed by atoms with van der Waals surface area (Å²) in [6, 6.07) is 16.2. The van der Waals surface area contributed by atoms with Crippen molar-refractivity contribution >= 4 is 28.3 Å². The van der Waals surface area contributed by atoms with Crippen LogP contribution in [0.5, 0.6) is 0 Å². The molecule has 0 saturated carbocycles. The number of fused-ring (bicyclic) bond motifs is 2. The summed E-state index contributed by atoms with van der Waals surface area (Å²) in [5.41, 5.74) is 1.93. The van der Waals surface area contributed by atoms with E-state index in [2.05, 4.69) is 51.6 Å². The number of nitrogens with one attached hydrogen (secondary N) is 1. The smallest absolute Gasteiger partial charge is 0.252 e. The molecule has 4 aromatic rings. The van der Waals surface area contributed by atoms with Crippen molar-refractivity contribution in [3.05, 3.63) is 70.1 Å². The lowest BCUT2D eigenvalue weighted by Crippen LogP contribution is -2.09. The Hall–Kier alpha value is -2.60. The number of nitrogens with zero attached hydrogens (tertiary/aromatic N) is 3. The topological polar surface area (TPSA) is 63.0 Å². The third-order valence-electron chi connectivity index (χ3n) is 3.80. The molecule has 0 bridgehead atoms. The van der Waals surface area contributed by atoms with Crippen LogP contribution < -0.4 is 5.56 Å². The zero-order valence-corrected chi connectivity index (χ0v) is 13.3. The first-order valence-electron chi connectivity index (χ1n) is 7.27. The second kappa shape index (κ2) is 5.55. The zero-order valence-electron chi connectivity index (χ0n) is 12.5. The third kappa shape index (κ3) is 2.51. The van der Waals surface area contributed by atoms with Gasteiger partial charge in [-0.25, -0.2) is 0 Å². The summed E-state index contributed by atoms with van der Waals surface area (Å²) < 4.78 is 1.87. The van der Waals surface area contributed by atoms with Crippen molar-refractivity contribution in [2.75, 3.05) is 0 Å². The molecule has 2 heterocycles. The van der Waals surface area contributed by atoms with Crippen LogP contribution in [-0.4, -0.2) is 19.6 Å². The van der Waals surface area contributed by atoms with Crippen LogP contribution in [0, 0.1) is 6.92 Å². The number of aryl methyl sites for hydroxylation is 1. The number of hydrogen-bond donors (Lipinski definition) is 1. The summed E-state index contributed by atoms with van der Waals surface area (Å²) in [4.78, 5) is 14.2. The molecule has 0 aliphatic rings. The molecule has 0 spiro atoms. The molecular weight excluding hydrogens is 308 g/mol. The molecule has 0 radical (unpaired) electrons. The average Bonchev–Trinajstić information content (AvgIpc) is 2.96. The van der Waals surface area contributed by atoms with Crippen LogP contribution in [0.25, 0.3) is 16.6 Å². The van der Waals surface area contributed by atoms with Crippen molar-refractivity contribution in [3.8, 4) is 0 Å². The van der Waals surface area contributed by atoms with Gasteiger partial charge in [-0.05, 0) is 23.3 Å². The van der Waals surface area contributed by atoms with Gasteiger partial charge < -0.3 is 0 Å². The van der Waals surface area contributed by atoms with Crippen LogP contribution in [0.3, 0.4) is 0 Å². The van der Waals surface area contributed by atoms with E-state index in [1.54, 1.807) is 17.8 Å². The summed E-state index contributed by atoms with van der Waals surface area (Å²) in [6.45, 7) is 1.88. The van der Waals surface area contributed by atoms with Gasteiger partial charge in [-0.15, -0.1) is 10.2 Å². The number of rotatable bonds is 3. The average molecular weight is 322 g/mol. The van der Waals surface area contributed by atoms with Gasteiger partial charge in [0.2, 0.25) is 5.78 Å². The minimum atomic E-state index is -0.159. The van der Waals surface area contributed by atoms with Gasteiger partial charge in [0.25, 0.3) is 5.56 Å². The first-order chi connectivity index (χ1) is 11.2. The van der Waals surface area contributed by atoms with E-state index in [9.17, 15) is 4.79 Å². The third-order valence-corrected chi connectivity index (χ3v) is 4.78. The van der Waals surface area contributed by atoms with E-state index in [4.69, 9.17) is 0 Å². The van der Waals surface area contributed by atoms with E-state index in [0.29, 0.717) is 5.78 Å². The molecular formula is C17H14N4OS. The molecule has 2 aromatic carbocycles. The fourth-order valence-electron chi connectivity index (χ4n) is 2.72. The molecule has 114 valence electrons. The Bertz CT molecular complexity index is 1060. The molecule has 0 aliphatic carbocycles. The van der Waals surface area contributed by atoms with Gasteiger partial charge in [0, 0.05) is 17.5 Å². The number of aromatic amines is 1. The van der Waals surface area contributed by atoms with Crippen molar-refractivity contribution < 1.29 is 0 Å². The monoisotopic (exact) mass is 322 g/mol. The molecule has 4 rings (SSSR count). The molecule has 0 atom stereocenters. The highest BCUT2D eigenvalue weighted by molar-refractivity contribution is 7.98. The fourth-order valence-corrected chi connectivity index (χ4v) is 3.72. The van der Waals surface area contributed by atoms with Crippen molar-refractivity contribution in [1.82, 2.24) is 19.6 Å². The second-order valence-corrected chi connectivity index (χ2v) is 6.29. The summed E-state index contributed by atoms with van der Waals surface area (Å²) in [6.07, 6.45) is 0. The molecule has 2 aromatic heterocycles. The van der Waals surface area contributed by atoms with Crippen LogP contribution in [-0.2, 0) is 5.75 Å². The number of thioether (sulfide) groups is 1. The van der Waals surface area contributed by atoms with Crippen LogP contribution in [0.4, 0.5) is 0 Å². The Kier molecular flexibility index (Phi) is 3.38. The molecule has 6 heteroatoms. The van der Waals surface area contributed by atoms with Crippen molar-refractivity contribution in [1.29, 1.82) is 0 Å². The van der Waals surface area contributed by atoms with E-state index in [0.717, 1.165) is 16.6 Å². The zero-order chi connectivity index (χ0) is 15.8. The number of aromatic nitrogens is 4. The standard InChI is InChI=1S/C17H14N4OS/c1-11-9-15(22)18-16-19-20-17(21(11)16)23-10-13-7-4-6-12-5-2-3-8-14(12)13/h2-9H,10H2,1H3,(H,18,19,22). The molecule has 1 N–H and O–H groups in total. The molecule has 5 nitrogen and oxygen atoms in total. The Morgan fingerprint density at radius 3 is 2.87 bits per heavy atom. The highest BCUT2D eigenvalue weighted by Crippen LogP contribution is 2.26. The Morgan fingerprint density at radius 2 is 1.96 bits per heavy atom. The van der Waals surface area contributed by atoms with Crippen LogP contribution in [0.15, 0.2) is 58.5 Å². The molecule has 0 saturated heterocycles. The van der Waals surface area contributed by atoms with Crippen LogP contribution in [0.1, 0.15) is 11.3 Å². The van der Waals surface area contributed by atoms with Gasteiger partial charge in [-0.3, -0.25) is 14.2 Å². The van der Waals surface area contributed by atoms with Gasteiger partial charge in [0.1, 0.15) is 0 Å². The summed E-state index contributed by atoms with van der Waals surface area (Å²) in [7, 11) is 0. The SMILES string of the molecule is Cc1cc(=O)[nH]c2nnc(SCc3cccc4ccccc34)n12. The first-order valence-corrected chi connectivity index (χ1v) is 8.25. The molecule has 0 aliphatic heterocycles. The number of H-pyrrole nitrogens is 1. The van der Waals surface area contributed by atoms with Gasteiger partial charge in [-0.2, -0.15) is 0 Å². The van der Waals surface area contributed by atoms with Gasteiger partial charge >= 0.3 is 0 Å². The highest BCUT2D eigenvalue weighted by Gasteiger charge is 2.10. The van der Waals surface area contributed by atoms with Crippen molar-refractivity contribution in [2.24, 2.45) is 0 Å². The predicted molar refractivity (Wildman–Crippen MR) is 91.9 cm³/mol. The lowest BCUT2D eigenvalue weighted by atomic mass is 10.1. The predicted octanol–water partition coefficient (Wildman–Crippen LogP) is 3.17. The van der Waals surface area contributed by atoms with Crippen molar-refractivity contribution in [2.45, 2.75) is 17.8 Å². The minimum Gasteiger partial charge on any atom is -0.291 e. The minimum absolute atomic E-state index is 0.159. The molecule has 23 heavy (non-hydrogen) atoms. The summed E-state index contributed by atoms with van der Waals surface area (Å²) in [5.74, 6) is 1.27. The maximum atomic E-state index is 11.5. The summed E-state index contributed by atoms with van der Waals surface area (Å²) in [5, 5.41) is 11.5. The molecule has 0 fully saturated rings. The van der Waals surface area contributed by atoms with E-state index in [1.807, 2.05) is 17.4 Å².